The molecule has 1 rings (SSSR count). The SMILES string of the molecule is CC[C@H](CO)NCc1cc(F)c(O)c(F)c1. The number of hydrogen-bond acceptors (Lipinski definition) is 3. The molecule has 5 heteroatoms. The van der Waals surface area contributed by atoms with Crippen molar-refractivity contribution in [3.05, 3.63) is 29.3 Å². The van der Waals surface area contributed by atoms with Crippen LogP contribution in [-0.2, 0) is 6.54 Å². The predicted molar refractivity (Wildman–Crippen MR) is 56.0 cm³/mol. The lowest BCUT2D eigenvalue weighted by Gasteiger charge is -2.14. The molecule has 90 valence electrons. The van der Waals surface area contributed by atoms with Crippen LogP contribution in [0.4, 0.5) is 8.78 Å². The Balaban J connectivity index is 2.68. The van der Waals surface area contributed by atoms with E-state index in [-0.39, 0.29) is 19.2 Å². The van der Waals surface area contributed by atoms with Gasteiger partial charge in [0.25, 0.3) is 0 Å². The Morgan fingerprint density at radius 3 is 2.31 bits per heavy atom. The number of hydrogen-bond donors (Lipinski definition) is 3. The van der Waals surface area contributed by atoms with Crippen molar-refractivity contribution in [3.8, 4) is 5.75 Å². The first kappa shape index (κ1) is 12.9. The molecule has 0 spiro atoms. The number of rotatable bonds is 5. The van der Waals surface area contributed by atoms with Crippen LogP contribution in [0.3, 0.4) is 0 Å². The molecule has 0 amide bonds. The van der Waals surface area contributed by atoms with Gasteiger partial charge in [-0.15, -0.1) is 0 Å². The highest BCUT2D eigenvalue weighted by Crippen LogP contribution is 2.21. The Bertz CT molecular complexity index is 331. The first-order chi connectivity index (χ1) is 7.58. The van der Waals surface area contributed by atoms with Crippen LogP contribution in [0.1, 0.15) is 18.9 Å². The summed E-state index contributed by atoms with van der Waals surface area (Å²) < 4.78 is 25.9. The van der Waals surface area contributed by atoms with Crippen LogP contribution >= 0.6 is 0 Å². The largest absolute Gasteiger partial charge is 0.503 e. The fourth-order valence-electron chi connectivity index (χ4n) is 1.32. The Labute approximate surface area is 92.7 Å². The summed E-state index contributed by atoms with van der Waals surface area (Å²) in [6.45, 7) is 2.11. The van der Waals surface area contributed by atoms with Crippen molar-refractivity contribution in [2.45, 2.75) is 25.9 Å². The summed E-state index contributed by atoms with van der Waals surface area (Å²) in [5.41, 5.74) is 0.389. The maximum absolute atomic E-state index is 13.0. The lowest BCUT2D eigenvalue weighted by molar-refractivity contribution is 0.238. The number of phenols is 1. The van der Waals surface area contributed by atoms with Crippen LogP contribution in [0.5, 0.6) is 5.75 Å². The number of aromatic hydroxyl groups is 1. The molecule has 0 saturated heterocycles. The topological polar surface area (TPSA) is 52.5 Å². The molecule has 0 aliphatic rings. The Morgan fingerprint density at radius 2 is 1.88 bits per heavy atom. The van der Waals surface area contributed by atoms with E-state index in [0.29, 0.717) is 5.56 Å². The van der Waals surface area contributed by atoms with E-state index in [9.17, 15) is 8.78 Å². The van der Waals surface area contributed by atoms with E-state index in [1.165, 1.54) is 0 Å². The maximum atomic E-state index is 13.0. The van der Waals surface area contributed by atoms with Gasteiger partial charge in [0.1, 0.15) is 0 Å². The van der Waals surface area contributed by atoms with Gasteiger partial charge in [0.2, 0.25) is 0 Å². The summed E-state index contributed by atoms with van der Waals surface area (Å²) >= 11 is 0. The van der Waals surface area contributed by atoms with Gasteiger partial charge < -0.3 is 15.5 Å². The molecule has 0 unspecified atom stereocenters. The monoisotopic (exact) mass is 231 g/mol. The fourth-order valence-corrected chi connectivity index (χ4v) is 1.32. The Hall–Kier alpha value is -1.20. The van der Waals surface area contributed by atoms with E-state index in [2.05, 4.69) is 5.32 Å². The van der Waals surface area contributed by atoms with Gasteiger partial charge in [-0.3, -0.25) is 0 Å². The molecule has 0 aromatic heterocycles. The zero-order valence-electron chi connectivity index (χ0n) is 9.00. The van der Waals surface area contributed by atoms with Gasteiger partial charge in [0, 0.05) is 12.6 Å². The standard InChI is InChI=1S/C11H15F2NO2/c1-2-8(6-15)14-5-7-3-9(12)11(16)10(13)4-7/h3-4,8,14-16H,2,5-6H2,1H3/t8-/m1/s1. The normalized spacial score (nSPS) is 12.8. The summed E-state index contributed by atoms with van der Waals surface area (Å²) in [7, 11) is 0. The third-order valence-corrected chi connectivity index (χ3v) is 2.38. The third kappa shape index (κ3) is 3.15. The summed E-state index contributed by atoms with van der Waals surface area (Å²) in [6.07, 6.45) is 0.722. The van der Waals surface area contributed by atoms with Crippen molar-refractivity contribution in [2.24, 2.45) is 0 Å². The molecule has 3 N–H and O–H groups in total. The number of phenolic OH excluding ortho intramolecular Hbond substituents is 1. The van der Waals surface area contributed by atoms with Crippen molar-refractivity contribution >= 4 is 0 Å². The first-order valence-electron chi connectivity index (χ1n) is 5.09. The molecule has 0 aliphatic carbocycles. The van der Waals surface area contributed by atoms with E-state index in [1.54, 1.807) is 0 Å². The van der Waals surface area contributed by atoms with Crippen LogP contribution in [0.25, 0.3) is 0 Å². The lowest BCUT2D eigenvalue weighted by Crippen LogP contribution is -2.31. The van der Waals surface area contributed by atoms with Gasteiger partial charge in [-0.2, -0.15) is 0 Å². The highest BCUT2D eigenvalue weighted by Gasteiger charge is 2.10. The molecular formula is C11H15F2NO2. The minimum Gasteiger partial charge on any atom is -0.503 e. The number of aliphatic hydroxyl groups excluding tert-OH is 1. The van der Waals surface area contributed by atoms with Crippen molar-refractivity contribution in [2.75, 3.05) is 6.61 Å². The van der Waals surface area contributed by atoms with Crippen molar-refractivity contribution < 1.29 is 19.0 Å². The van der Waals surface area contributed by atoms with Crippen molar-refractivity contribution in [1.82, 2.24) is 5.32 Å². The molecule has 0 aliphatic heterocycles. The zero-order valence-corrected chi connectivity index (χ0v) is 9.00. The summed E-state index contributed by atoms with van der Waals surface area (Å²) in [5, 5.41) is 20.7. The summed E-state index contributed by atoms with van der Waals surface area (Å²) in [6, 6.07) is 2.03. The second kappa shape index (κ2) is 5.77. The molecule has 0 fully saturated rings. The number of halogens is 2. The smallest absolute Gasteiger partial charge is 0.187 e. The minimum absolute atomic E-state index is 0.0282. The van der Waals surface area contributed by atoms with E-state index < -0.39 is 17.4 Å². The van der Waals surface area contributed by atoms with Crippen LogP contribution < -0.4 is 5.32 Å². The molecule has 0 heterocycles. The quantitative estimate of drug-likeness (QED) is 0.720. The van der Waals surface area contributed by atoms with Gasteiger partial charge in [-0.05, 0) is 24.1 Å². The summed E-state index contributed by atoms with van der Waals surface area (Å²) in [5.74, 6) is -2.92. The third-order valence-electron chi connectivity index (χ3n) is 2.38. The first-order valence-corrected chi connectivity index (χ1v) is 5.09. The molecule has 16 heavy (non-hydrogen) atoms. The lowest BCUT2D eigenvalue weighted by atomic mass is 10.1. The number of nitrogens with one attached hydrogen (secondary N) is 1. The van der Waals surface area contributed by atoms with Gasteiger partial charge in [-0.1, -0.05) is 6.92 Å². The Kier molecular flexibility index (Phi) is 4.64. The van der Waals surface area contributed by atoms with Gasteiger partial charge in [0.15, 0.2) is 17.4 Å². The highest BCUT2D eigenvalue weighted by molar-refractivity contribution is 5.29. The van der Waals surface area contributed by atoms with E-state index in [0.717, 1.165) is 18.6 Å². The molecule has 0 bridgehead atoms. The molecule has 1 atom stereocenters. The number of aliphatic hydroxyl groups is 1. The van der Waals surface area contributed by atoms with E-state index in [4.69, 9.17) is 10.2 Å². The van der Waals surface area contributed by atoms with E-state index >= 15 is 0 Å². The summed E-state index contributed by atoms with van der Waals surface area (Å²) in [4.78, 5) is 0. The molecule has 0 radical (unpaired) electrons. The predicted octanol–water partition coefficient (Wildman–Crippen LogP) is 1.53. The highest BCUT2D eigenvalue weighted by atomic mass is 19.1. The van der Waals surface area contributed by atoms with Gasteiger partial charge in [0.05, 0.1) is 6.61 Å². The average molecular weight is 231 g/mol. The maximum Gasteiger partial charge on any atom is 0.187 e. The van der Waals surface area contributed by atoms with Gasteiger partial charge >= 0.3 is 0 Å². The second-order valence-corrected chi connectivity index (χ2v) is 3.58. The van der Waals surface area contributed by atoms with E-state index in [1.807, 2.05) is 6.92 Å². The minimum atomic E-state index is -0.978. The molecule has 1 aromatic rings. The number of benzene rings is 1. The molecule has 1 aromatic carbocycles. The van der Waals surface area contributed by atoms with Crippen molar-refractivity contribution in [3.63, 3.8) is 0 Å². The average Bonchev–Trinajstić information content (AvgIpc) is 2.27. The van der Waals surface area contributed by atoms with Crippen molar-refractivity contribution in [1.29, 1.82) is 0 Å². The molecular weight excluding hydrogens is 216 g/mol. The second-order valence-electron chi connectivity index (χ2n) is 3.58. The van der Waals surface area contributed by atoms with Crippen LogP contribution in [0.2, 0.25) is 0 Å². The van der Waals surface area contributed by atoms with Crippen LogP contribution in [0, 0.1) is 11.6 Å². The molecule has 3 nitrogen and oxygen atoms in total. The molecule has 0 saturated carbocycles. The fraction of sp³-hybridized carbons (Fsp3) is 0.455. The Morgan fingerprint density at radius 1 is 1.31 bits per heavy atom. The van der Waals surface area contributed by atoms with Crippen LogP contribution in [-0.4, -0.2) is 22.9 Å². The van der Waals surface area contributed by atoms with Gasteiger partial charge in [-0.25, -0.2) is 8.78 Å². The van der Waals surface area contributed by atoms with Crippen LogP contribution in [0.15, 0.2) is 12.1 Å². The zero-order chi connectivity index (χ0) is 12.1.